The average molecular weight is 376 g/mol. The molecule has 0 bridgehead atoms. The average Bonchev–Trinajstić information content (AvgIpc) is 2.67. The molecule has 3 rings (SSSR count). The van der Waals surface area contributed by atoms with E-state index in [0.717, 1.165) is 18.2 Å². The number of para-hydroxylation sites is 2. The third kappa shape index (κ3) is 4.29. The van der Waals surface area contributed by atoms with Gasteiger partial charge < -0.3 is 19.5 Å². The van der Waals surface area contributed by atoms with Crippen LogP contribution in [0.3, 0.4) is 0 Å². The molecule has 9 nitrogen and oxygen atoms in total. The number of esters is 1. The number of benzene rings is 2. The lowest BCUT2D eigenvalue weighted by molar-refractivity contribution is -0.384. The van der Waals surface area contributed by atoms with Gasteiger partial charge >= 0.3 is 5.97 Å². The number of amides is 1. The van der Waals surface area contributed by atoms with Crippen molar-refractivity contribution in [2.75, 3.05) is 18.5 Å². The van der Waals surface area contributed by atoms with Crippen molar-refractivity contribution in [1.82, 2.24) is 0 Å². The second-order valence-corrected chi connectivity index (χ2v) is 5.44. The summed E-state index contributed by atoms with van der Waals surface area (Å²) in [4.78, 5) is 33.8. The van der Waals surface area contributed by atoms with Gasteiger partial charge in [-0.2, -0.15) is 0 Å². The number of anilines is 1. The SMILES string of the molecule is O=C(COC(=O)[C@H]1COc2ccccc2O1)Nc1cc([N+](=O)[O-])ccc1F. The molecule has 2 aromatic carbocycles. The van der Waals surface area contributed by atoms with Crippen molar-refractivity contribution in [2.45, 2.75) is 6.10 Å². The number of rotatable bonds is 5. The van der Waals surface area contributed by atoms with Crippen molar-refractivity contribution in [3.05, 3.63) is 58.4 Å². The molecule has 0 aliphatic carbocycles. The number of carbonyl (C=O) groups is 2. The van der Waals surface area contributed by atoms with E-state index in [4.69, 9.17) is 14.2 Å². The first-order chi connectivity index (χ1) is 12.9. The summed E-state index contributed by atoms with van der Waals surface area (Å²) < 4.78 is 29.3. The van der Waals surface area contributed by atoms with E-state index >= 15 is 0 Å². The van der Waals surface area contributed by atoms with Gasteiger partial charge in [-0.05, 0) is 18.2 Å². The molecule has 1 aliphatic heterocycles. The molecule has 1 N–H and O–H groups in total. The van der Waals surface area contributed by atoms with Crippen LogP contribution in [0.25, 0.3) is 0 Å². The van der Waals surface area contributed by atoms with E-state index in [0.29, 0.717) is 11.5 Å². The molecular weight excluding hydrogens is 363 g/mol. The van der Waals surface area contributed by atoms with Crippen molar-refractivity contribution in [1.29, 1.82) is 0 Å². The van der Waals surface area contributed by atoms with Crippen molar-refractivity contribution in [3.8, 4) is 11.5 Å². The molecule has 0 radical (unpaired) electrons. The van der Waals surface area contributed by atoms with Gasteiger partial charge in [-0.3, -0.25) is 14.9 Å². The van der Waals surface area contributed by atoms with Crippen molar-refractivity contribution < 1.29 is 33.1 Å². The Balaban J connectivity index is 1.54. The Hall–Kier alpha value is -3.69. The summed E-state index contributed by atoms with van der Waals surface area (Å²) in [6.45, 7) is -0.806. The normalized spacial score (nSPS) is 14.9. The predicted octanol–water partition coefficient (Wildman–Crippen LogP) is 2.06. The number of nitro benzene ring substituents is 1. The van der Waals surface area contributed by atoms with Crippen LogP contribution in [-0.4, -0.2) is 36.1 Å². The van der Waals surface area contributed by atoms with Gasteiger partial charge in [0.1, 0.15) is 12.4 Å². The van der Waals surface area contributed by atoms with E-state index in [-0.39, 0.29) is 6.61 Å². The van der Waals surface area contributed by atoms with Crippen molar-refractivity contribution in [2.24, 2.45) is 0 Å². The number of nitro groups is 1. The highest BCUT2D eigenvalue weighted by molar-refractivity contribution is 5.93. The van der Waals surface area contributed by atoms with Crippen molar-refractivity contribution >= 4 is 23.3 Å². The number of hydrogen-bond acceptors (Lipinski definition) is 7. The minimum absolute atomic E-state index is 0.0863. The van der Waals surface area contributed by atoms with Gasteiger partial charge in [-0.25, -0.2) is 9.18 Å². The van der Waals surface area contributed by atoms with Crippen LogP contribution in [0.15, 0.2) is 42.5 Å². The summed E-state index contributed by atoms with van der Waals surface area (Å²) in [6, 6.07) is 9.43. The minimum Gasteiger partial charge on any atom is -0.485 e. The smallest absolute Gasteiger partial charge is 0.351 e. The highest BCUT2D eigenvalue weighted by Crippen LogP contribution is 2.31. The molecule has 0 aromatic heterocycles. The highest BCUT2D eigenvalue weighted by atomic mass is 19.1. The van der Waals surface area contributed by atoms with E-state index in [1.165, 1.54) is 0 Å². The molecule has 1 aliphatic rings. The van der Waals surface area contributed by atoms with Crippen molar-refractivity contribution in [3.63, 3.8) is 0 Å². The summed E-state index contributed by atoms with van der Waals surface area (Å²) in [7, 11) is 0. The monoisotopic (exact) mass is 376 g/mol. The largest absolute Gasteiger partial charge is 0.485 e. The van der Waals surface area contributed by atoms with Crippen LogP contribution < -0.4 is 14.8 Å². The molecule has 0 unspecified atom stereocenters. The first-order valence-electron chi connectivity index (χ1n) is 7.73. The molecule has 2 aromatic rings. The number of non-ortho nitro benzene ring substituents is 1. The lowest BCUT2D eigenvalue weighted by Gasteiger charge is -2.24. The third-order valence-electron chi connectivity index (χ3n) is 3.55. The summed E-state index contributed by atoms with van der Waals surface area (Å²) >= 11 is 0. The van der Waals surface area contributed by atoms with Crippen LogP contribution in [-0.2, 0) is 14.3 Å². The molecule has 1 heterocycles. The third-order valence-corrected chi connectivity index (χ3v) is 3.55. The Kier molecular flexibility index (Phi) is 5.15. The van der Waals surface area contributed by atoms with E-state index < -0.39 is 46.7 Å². The quantitative estimate of drug-likeness (QED) is 0.482. The maximum atomic E-state index is 13.6. The Morgan fingerprint density at radius 1 is 1.26 bits per heavy atom. The zero-order chi connectivity index (χ0) is 19.4. The second-order valence-electron chi connectivity index (χ2n) is 5.44. The zero-order valence-corrected chi connectivity index (χ0v) is 13.7. The number of carbonyl (C=O) groups excluding carboxylic acids is 2. The first-order valence-corrected chi connectivity index (χ1v) is 7.73. The summed E-state index contributed by atoms with van der Waals surface area (Å²) in [5, 5.41) is 12.8. The number of ether oxygens (including phenoxy) is 3. The number of halogens is 1. The highest BCUT2D eigenvalue weighted by Gasteiger charge is 2.29. The van der Waals surface area contributed by atoms with Crippen LogP contribution >= 0.6 is 0 Å². The lowest BCUT2D eigenvalue weighted by atomic mass is 10.2. The summed E-state index contributed by atoms with van der Waals surface area (Å²) in [5.74, 6) is -1.70. The molecule has 10 heteroatoms. The van der Waals surface area contributed by atoms with E-state index in [1.807, 2.05) is 0 Å². The number of hydrogen-bond donors (Lipinski definition) is 1. The standard InChI is InChI=1S/C17H13FN2O7/c18-11-6-5-10(20(23)24)7-12(11)19-16(21)9-26-17(22)15-8-25-13-3-1-2-4-14(13)27-15/h1-7,15H,8-9H2,(H,19,21)/t15-/m1/s1. The van der Waals surface area contributed by atoms with Gasteiger partial charge in [0.25, 0.3) is 11.6 Å². The minimum atomic E-state index is -1.05. The Labute approximate surface area is 151 Å². The van der Waals surface area contributed by atoms with Crippen LogP contribution in [0.2, 0.25) is 0 Å². The molecule has 0 spiro atoms. The van der Waals surface area contributed by atoms with Crippen LogP contribution in [0.5, 0.6) is 11.5 Å². The van der Waals surface area contributed by atoms with Crippen LogP contribution in [0.1, 0.15) is 0 Å². The van der Waals surface area contributed by atoms with E-state index in [2.05, 4.69) is 5.32 Å². The molecule has 1 atom stereocenters. The molecule has 0 saturated carbocycles. The maximum absolute atomic E-state index is 13.6. The fourth-order valence-corrected chi connectivity index (χ4v) is 2.27. The molecule has 0 fully saturated rings. The summed E-state index contributed by atoms with van der Waals surface area (Å²) in [6.07, 6.45) is -1.05. The summed E-state index contributed by atoms with van der Waals surface area (Å²) in [5.41, 5.74) is -0.786. The number of nitrogens with zero attached hydrogens (tertiary/aromatic N) is 1. The number of nitrogens with one attached hydrogen (secondary N) is 1. The topological polar surface area (TPSA) is 117 Å². The predicted molar refractivity (Wildman–Crippen MR) is 89.0 cm³/mol. The van der Waals surface area contributed by atoms with Gasteiger partial charge in [0, 0.05) is 12.1 Å². The van der Waals surface area contributed by atoms with E-state index in [1.54, 1.807) is 24.3 Å². The molecule has 140 valence electrons. The van der Waals surface area contributed by atoms with Gasteiger partial charge in [-0.15, -0.1) is 0 Å². The lowest BCUT2D eigenvalue weighted by Crippen LogP contribution is -2.39. The Morgan fingerprint density at radius 2 is 2.00 bits per heavy atom. The first kappa shape index (κ1) is 18.1. The van der Waals surface area contributed by atoms with Gasteiger partial charge in [0.15, 0.2) is 18.1 Å². The molecule has 0 saturated heterocycles. The maximum Gasteiger partial charge on any atom is 0.351 e. The Bertz CT molecular complexity index is 903. The molecule has 1 amide bonds. The van der Waals surface area contributed by atoms with Crippen LogP contribution in [0, 0.1) is 15.9 Å². The molecular formula is C17H13FN2O7. The fraction of sp³-hybridized carbons (Fsp3) is 0.176. The van der Waals surface area contributed by atoms with Gasteiger partial charge in [0.2, 0.25) is 6.10 Å². The van der Waals surface area contributed by atoms with E-state index in [9.17, 15) is 24.1 Å². The van der Waals surface area contributed by atoms with Gasteiger partial charge in [0.05, 0.1) is 10.6 Å². The second kappa shape index (κ2) is 7.68. The van der Waals surface area contributed by atoms with Crippen LogP contribution in [0.4, 0.5) is 15.8 Å². The fourth-order valence-electron chi connectivity index (χ4n) is 2.27. The zero-order valence-electron chi connectivity index (χ0n) is 13.7. The number of fused-ring (bicyclic) bond motifs is 1. The molecule has 27 heavy (non-hydrogen) atoms. The Morgan fingerprint density at radius 3 is 2.74 bits per heavy atom. The van der Waals surface area contributed by atoms with Gasteiger partial charge in [-0.1, -0.05) is 12.1 Å².